The lowest BCUT2D eigenvalue weighted by atomic mass is 10.0. The molecule has 1 aromatic heterocycles. The Morgan fingerprint density at radius 2 is 1.95 bits per heavy atom. The third kappa shape index (κ3) is 2.45. The highest BCUT2D eigenvalue weighted by Crippen LogP contribution is 2.24. The highest BCUT2D eigenvalue weighted by atomic mass is 16.2. The van der Waals surface area contributed by atoms with Crippen molar-refractivity contribution in [3.05, 3.63) is 36.0 Å². The predicted octanol–water partition coefficient (Wildman–Crippen LogP) is 3.21. The summed E-state index contributed by atoms with van der Waals surface area (Å²) in [4.78, 5) is 17.6. The maximum atomic E-state index is 12.3. The molecular formula is C17H22N2O. The number of aryl methyl sites for hydroxylation is 1. The van der Waals surface area contributed by atoms with Crippen LogP contribution in [0, 0.1) is 11.8 Å². The first-order valence-electron chi connectivity index (χ1n) is 7.48. The average molecular weight is 270 g/mol. The number of H-pyrrole nitrogens is 1. The maximum Gasteiger partial charge on any atom is 0.222 e. The third-order valence-electron chi connectivity index (χ3n) is 4.62. The summed E-state index contributed by atoms with van der Waals surface area (Å²) >= 11 is 0. The number of rotatable bonds is 3. The fourth-order valence-electron chi connectivity index (χ4n) is 3.07. The van der Waals surface area contributed by atoms with Crippen molar-refractivity contribution >= 4 is 16.8 Å². The van der Waals surface area contributed by atoms with Gasteiger partial charge in [0.05, 0.1) is 0 Å². The second-order valence-electron chi connectivity index (χ2n) is 6.11. The number of nitrogens with one attached hydrogen (secondary N) is 1. The van der Waals surface area contributed by atoms with Crippen LogP contribution < -0.4 is 0 Å². The predicted molar refractivity (Wildman–Crippen MR) is 81.5 cm³/mol. The lowest BCUT2D eigenvalue weighted by Gasteiger charge is -2.15. The number of hydrogen-bond acceptors (Lipinski definition) is 1. The SMILES string of the molecule is CC1CN(C(=O)CCc2c[nH]c3ccccc23)CC1C. The Morgan fingerprint density at radius 3 is 2.70 bits per heavy atom. The third-order valence-corrected chi connectivity index (χ3v) is 4.62. The van der Waals surface area contributed by atoms with Crippen LogP contribution in [0.15, 0.2) is 30.5 Å². The molecule has 0 radical (unpaired) electrons. The number of likely N-dealkylation sites (tertiary alicyclic amines) is 1. The standard InChI is InChI=1S/C17H22N2O/c1-12-10-19(11-13(12)2)17(20)8-7-14-9-18-16-6-4-3-5-15(14)16/h3-6,9,12-13,18H,7-8,10-11H2,1-2H3. The van der Waals surface area contributed by atoms with Crippen molar-refractivity contribution in [3.8, 4) is 0 Å². The first-order chi connectivity index (χ1) is 9.65. The Kier molecular flexibility index (Phi) is 3.51. The van der Waals surface area contributed by atoms with E-state index in [4.69, 9.17) is 0 Å². The monoisotopic (exact) mass is 270 g/mol. The minimum atomic E-state index is 0.298. The Hall–Kier alpha value is -1.77. The van der Waals surface area contributed by atoms with Gasteiger partial charge in [-0.3, -0.25) is 4.79 Å². The number of aromatic amines is 1. The number of nitrogens with zero attached hydrogens (tertiary/aromatic N) is 1. The van der Waals surface area contributed by atoms with Gasteiger partial charge in [-0.15, -0.1) is 0 Å². The molecule has 1 amide bonds. The van der Waals surface area contributed by atoms with E-state index < -0.39 is 0 Å². The minimum Gasteiger partial charge on any atom is -0.361 e. The Morgan fingerprint density at radius 1 is 1.25 bits per heavy atom. The van der Waals surface area contributed by atoms with Crippen LogP contribution in [0.1, 0.15) is 25.8 Å². The van der Waals surface area contributed by atoms with Crippen molar-refractivity contribution < 1.29 is 4.79 Å². The van der Waals surface area contributed by atoms with Crippen molar-refractivity contribution in [2.24, 2.45) is 11.8 Å². The molecular weight excluding hydrogens is 248 g/mol. The van der Waals surface area contributed by atoms with Crippen LogP contribution in [0.5, 0.6) is 0 Å². The zero-order valence-electron chi connectivity index (χ0n) is 12.2. The Balaban J connectivity index is 1.63. The fourth-order valence-corrected chi connectivity index (χ4v) is 3.07. The molecule has 0 bridgehead atoms. The average Bonchev–Trinajstić information content (AvgIpc) is 3.01. The van der Waals surface area contributed by atoms with Crippen LogP contribution in [-0.2, 0) is 11.2 Å². The van der Waals surface area contributed by atoms with E-state index in [2.05, 4.69) is 31.0 Å². The molecule has 2 aromatic rings. The van der Waals surface area contributed by atoms with E-state index in [-0.39, 0.29) is 0 Å². The van der Waals surface area contributed by atoms with Crippen LogP contribution in [0.3, 0.4) is 0 Å². The number of amides is 1. The summed E-state index contributed by atoms with van der Waals surface area (Å²) in [6, 6.07) is 8.27. The van der Waals surface area contributed by atoms with Crippen LogP contribution in [0.2, 0.25) is 0 Å². The van der Waals surface area contributed by atoms with Gasteiger partial charge in [-0.1, -0.05) is 32.0 Å². The van der Waals surface area contributed by atoms with E-state index in [1.807, 2.05) is 23.2 Å². The fraction of sp³-hybridized carbons (Fsp3) is 0.471. The summed E-state index contributed by atoms with van der Waals surface area (Å²) in [7, 11) is 0. The summed E-state index contributed by atoms with van der Waals surface area (Å²) in [6.45, 7) is 6.32. The summed E-state index contributed by atoms with van der Waals surface area (Å²) in [5, 5.41) is 1.24. The molecule has 2 atom stereocenters. The number of benzene rings is 1. The number of fused-ring (bicyclic) bond motifs is 1. The molecule has 0 aliphatic carbocycles. The molecule has 1 aliphatic rings. The normalized spacial score (nSPS) is 22.6. The molecule has 2 heterocycles. The lowest BCUT2D eigenvalue weighted by Crippen LogP contribution is -2.28. The molecule has 1 aliphatic heterocycles. The first kappa shape index (κ1) is 13.2. The van der Waals surface area contributed by atoms with Gasteiger partial charge in [0, 0.05) is 36.6 Å². The van der Waals surface area contributed by atoms with Crippen LogP contribution in [-0.4, -0.2) is 28.9 Å². The van der Waals surface area contributed by atoms with Crippen molar-refractivity contribution in [2.75, 3.05) is 13.1 Å². The molecule has 0 spiro atoms. The van der Waals surface area contributed by atoms with Crippen molar-refractivity contribution in [3.63, 3.8) is 0 Å². The Bertz CT molecular complexity index is 606. The van der Waals surface area contributed by atoms with Gasteiger partial charge in [0.25, 0.3) is 0 Å². The topological polar surface area (TPSA) is 36.1 Å². The molecule has 106 valence electrons. The molecule has 1 saturated heterocycles. The molecule has 20 heavy (non-hydrogen) atoms. The molecule has 3 nitrogen and oxygen atoms in total. The molecule has 3 heteroatoms. The lowest BCUT2D eigenvalue weighted by molar-refractivity contribution is -0.130. The number of para-hydroxylation sites is 1. The molecule has 1 aromatic carbocycles. The van der Waals surface area contributed by atoms with Crippen LogP contribution in [0.4, 0.5) is 0 Å². The summed E-state index contributed by atoms with van der Waals surface area (Å²) in [5.41, 5.74) is 2.40. The molecule has 1 fully saturated rings. The Labute approximate surface area is 120 Å². The molecule has 1 N–H and O–H groups in total. The van der Waals surface area contributed by atoms with Crippen molar-refractivity contribution in [1.82, 2.24) is 9.88 Å². The minimum absolute atomic E-state index is 0.298. The molecule has 0 saturated carbocycles. The summed E-state index contributed by atoms with van der Waals surface area (Å²) in [6.07, 6.45) is 3.47. The summed E-state index contributed by atoms with van der Waals surface area (Å²) < 4.78 is 0. The first-order valence-corrected chi connectivity index (χ1v) is 7.48. The zero-order valence-corrected chi connectivity index (χ0v) is 12.2. The van der Waals surface area contributed by atoms with Crippen molar-refractivity contribution in [1.29, 1.82) is 0 Å². The number of carbonyl (C=O) groups is 1. The van der Waals surface area contributed by atoms with Gasteiger partial charge >= 0.3 is 0 Å². The van der Waals surface area contributed by atoms with E-state index in [1.165, 1.54) is 10.9 Å². The summed E-state index contributed by atoms with van der Waals surface area (Å²) in [5.74, 6) is 1.56. The highest BCUT2D eigenvalue weighted by molar-refractivity contribution is 5.84. The van der Waals surface area contributed by atoms with Gasteiger partial charge < -0.3 is 9.88 Å². The zero-order chi connectivity index (χ0) is 14.1. The second-order valence-corrected chi connectivity index (χ2v) is 6.11. The van der Waals surface area contributed by atoms with E-state index in [9.17, 15) is 4.79 Å². The number of aromatic nitrogens is 1. The van der Waals surface area contributed by atoms with Gasteiger partial charge in [-0.05, 0) is 29.9 Å². The van der Waals surface area contributed by atoms with Crippen molar-refractivity contribution in [2.45, 2.75) is 26.7 Å². The second kappa shape index (κ2) is 5.31. The van der Waals surface area contributed by atoms with Gasteiger partial charge in [0.1, 0.15) is 0 Å². The maximum absolute atomic E-state index is 12.3. The quantitative estimate of drug-likeness (QED) is 0.913. The van der Waals surface area contributed by atoms with Gasteiger partial charge in [-0.2, -0.15) is 0 Å². The van der Waals surface area contributed by atoms with E-state index in [1.54, 1.807) is 0 Å². The number of hydrogen-bond donors (Lipinski definition) is 1. The van der Waals surface area contributed by atoms with E-state index in [0.717, 1.165) is 25.0 Å². The highest BCUT2D eigenvalue weighted by Gasteiger charge is 2.28. The van der Waals surface area contributed by atoms with Gasteiger partial charge in [0.2, 0.25) is 5.91 Å². The van der Waals surface area contributed by atoms with Gasteiger partial charge in [-0.25, -0.2) is 0 Å². The molecule has 3 rings (SSSR count). The molecule has 2 unspecified atom stereocenters. The van der Waals surface area contributed by atoms with Crippen LogP contribution >= 0.6 is 0 Å². The van der Waals surface area contributed by atoms with E-state index >= 15 is 0 Å². The smallest absolute Gasteiger partial charge is 0.222 e. The van der Waals surface area contributed by atoms with Gasteiger partial charge in [0.15, 0.2) is 0 Å². The largest absolute Gasteiger partial charge is 0.361 e. The van der Waals surface area contributed by atoms with Crippen LogP contribution in [0.25, 0.3) is 10.9 Å². The van der Waals surface area contributed by atoms with E-state index in [0.29, 0.717) is 24.2 Å². The number of carbonyl (C=O) groups excluding carboxylic acids is 1.